The Morgan fingerprint density at radius 1 is 0.741 bits per heavy atom. The molecule has 2 N–H and O–H groups in total. The Labute approximate surface area is 155 Å². The van der Waals surface area contributed by atoms with Crippen LogP contribution >= 0.6 is 0 Å². The van der Waals surface area contributed by atoms with Crippen LogP contribution in [0.2, 0.25) is 0 Å². The van der Waals surface area contributed by atoms with Crippen LogP contribution in [0, 0.1) is 0 Å². The largest absolute Gasteiger partial charge is 0.457 e. The lowest BCUT2D eigenvalue weighted by molar-refractivity contribution is -0.137. The first-order chi connectivity index (χ1) is 12.9. The third-order valence-electron chi connectivity index (χ3n) is 3.62. The summed E-state index contributed by atoms with van der Waals surface area (Å²) in [4.78, 5) is 0. The predicted molar refractivity (Wildman–Crippen MR) is 101 cm³/mol. The molecule has 0 amide bonds. The molecule has 0 saturated carbocycles. The molecular weight excluding hydrogens is 353 g/mol. The van der Waals surface area contributed by atoms with E-state index in [0.717, 1.165) is 23.6 Å². The van der Waals surface area contributed by atoms with E-state index in [9.17, 15) is 13.2 Å². The lowest BCUT2D eigenvalue weighted by Gasteiger charge is -2.14. The number of ether oxygens (including phenoxy) is 1. The summed E-state index contributed by atoms with van der Waals surface area (Å²) in [7, 11) is 0. The summed E-state index contributed by atoms with van der Waals surface area (Å²) in [5, 5.41) is 5.98. The standard InChI is InChI=1S/C21H17F3N2O/c1-15(25-17-12-10-16(11-13-17)21(22,23)24)26-18-6-5-9-20(14-18)27-19-7-3-2-4-8-19/h2-14,25-26H,1H2. The normalized spacial score (nSPS) is 10.9. The fraction of sp³-hybridized carbons (Fsp3) is 0.0476. The van der Waals surface area contributed by atoms with Gasteiger partial charge >= 0.3 is 6.18 Å². The third-order valence-corrected chi connectivity index (χ3v) is 3.62. The zero-order valence-corrected chi connectivity index (χ0v) is 14.3. The van der Waals surface area contributed by atoms with Crippen LogP contribution in [0.4, 0.5) is 24.5 Å². The number of alkyl halides is 3. The van der Waals surface area contributed by atoms with E-state index in [1.54, 1.807) is 6.07 Å². The minimum Gasteiger partial charge on any atom is -0.457 e. The van der Waals surface area contributed by atoms with Crippen molar-refractivity contribution in [2.75, 3.05) is 10.6 Å². The molecule has 0 heterocycles. The zero-order valence-electron chi connectivity index (χ0n) is 14.3. The topological polar surface area (TPSA) is 33.3 Å². The van der Waals surface area contributed by atoms with E-state index in [1.807, 2.05) is 48.5 Å². The summed E-state index contributed by atoms with van der Waals surface area (Å²) in [6.45, 7) is 3.84. The quantitative estimate of drug-likeness (QED) is 0.520. The maximum Gasteiger partial charge on any atom is 0.416 e. The molecule has 27 heavy (non-hydrogen) atoms. The molecule has 0 saturated heterocycles. The third kappa shape index (κ3) is 5.28. The van der Waals surface area contributed by atoms with Gasteiger partial charge in [0.05, 0.1) is 5.56 Å². The van der Waals surface area contributed by atoms with Gasteiger partial charge in [-0.1, -0.05) is 30.8 Å². The van der Waals surface area contributed by atoms with Gasteiger partial charge in [0.25, 0.3) is 0 Å². The van der Waals surface area contributed by atoms with Crippen molar-refractivity contribution in [3.63, 3.8) is 0 Å². The van der Waals surface area contributed by atoms with Gasteiger partial charge in [-0.05, 0) is 48.5 Å². The molecule has 6 heteroatoms. The number of rotatable bonds is 6. The number of hydrogen-bond donors (Lipinski definition) is 2. The molecule has 0 spiro atoms. The van der Waals surface area contributed by atoms with Gasteiger partial charge < -0.3 is 15.4 Å². The highest BCUT2D eigenvalue weighted by molar-refractivity contribution is 5.57. The molecule has 0 unspecified atom stereocenters. The Kier molecular flexibility index (Phi) is 5.35. The fourth-order valence-corrected chi connectivity index (χ4v) is 2.38. The Balaban J connectivity index is 1.61. The van der Waals surface area contributed by atoms with Gasteiger partial charge in [0.2, 0.25) is 0 Å². The summed E-state index contributed by atoms with van der Waals surface area (Å²) < 4.78 is 43.6. The van der Waals surface area contributed by atoms with Crippen molar-refractivity contribution in [1.82, 2.24) is 0 Å². The van der Waals surface area contributed by atoms with Gasteiger partial charge in [0.15, 0.2) is 0 Å². The molecule has 0 aromatic heterocycles. The number of hydrogen-bond acceptors (Lipinski definition) is 3. The average Bonchev–Trinajstić information content (AvgIpc) is 2.62. The van der Waals surface area contributed by atoms with Crippen molar-refractivity contribution in [3.05, 3.63) is 96.8 Å². The molecule has 0 atom stereocenters. The van der Waals surface area contributed by atoms with Crippen molar-refractivity contribution in [3.8, 4) is 11.5 Å². The van der Waals surface area contributed by atoms with Crippen molar-refractivity contribution >= 4 is 11.4 Å². The predicted octanol–water partition coefficient (Wildman–Crippen LogP) is 6.49. The van der Waals surface area contributed by atoms with Crippen molar-refractivity contribution in [1.29, 1.82) is 0 Å². The van der Waals surface area contributed by atoms with Crippen LogP contribution in [-0.4, -0.2) is 0 Å². The lowest BCUT2D eigenvalue weighted by atomic mass is 10.2. The molecule has 0 fully saturated rings. The maximum atomic E-state index is 12.6. The van der Waals surface area contributed by atoms with Crippen molar-refractivity contribution in [2.45, 2.75) is 6.18 Å². The lowest BCUT2D eigenvalue weighted by Crippen LogP contribution is -2.09. The van der Waals surface area contributed by atoms with Crippen LogP contribution in [0.3, 0.4) is 0 Å². The minimum atomic E-state index is -4.35. The number of anilines is 2. The second-order valence-electron chi connectivity index (χ2n) is 5.75. The molecule has 3 rings (SSSR count). The summed E-state index contributed by atoms with van der Waals surface area (Å²) in [6, 6.07) is 21.4. The summed E-state index contributed by atoms with van der Waals surface area (Å²) >= 11 is 0. The monoisotopic (exact) mass is 370 g/mol. The fourth-order valence-electron chi connectivity index (χ4n) is 2.38. The van der Waals surface area contributed by atoms with E-state index in [0.29, 0.717) is 17.3 Å². The zero-order chi connectivity index (χ0) is 19.3. The van der Waals surface area contributed by atoms with E-state index in [-0.39, 0.29) is 0 Å². The summed E-state index contributed by atoms with van der Waals surface area (Å²) in [6.07, 6.45) is -4.35. The molecule has 0 aliphatic rings. The SMILES string of the molecule is C=C(Nc1ccc(C(F)(F)F)cc1)Nc1cccc(Oc2ccccc2)c1. The second kappa shape index (κ2) is 7.86. The van der Waals surface area contributed by atoms with Crippen LogP contribution in [0.15, 0.2) is 91.3 Å². The Bertz CT molecular complexity index is 907. The number of para-hydroxylation sites is 1. The Morgan fingerprint density at radius 2 is 1.37 bits per heavy atom. The highest BCUT2D eigenvalue weighted by Gasteiger charge is 2.29. The molecule has 0 radical (unpaired) electrons. The maximum absolute atomic E-state index is 12.6. The molecule has 3 aromatic carbocycles. The highest BCUT2D eigenvalue weighted by atomic mass is 19.4. The Hall–Kier alpha value is -3.41. The molecule has 0 bridgehead atoms. The van der Waals surface area contributed by atoms with Crippen LogP contribution in [0.1, 0.15) is 5.56 Å². The van der Waals surface area contributed by atoms with Gasteiger partial charge in [-0.15, -0.1) is 0 Å². The van der Waals surface area contributed by atoms with Gasteiger partial charge in [-0.3, -0.25) is 0 Å². The smallest absolute Gasteiger partial charge is 0.416 e. The molecule has 0 aliphatic heterocycles. The van der Waals surface area contributed by atoms with Gasteiger partial charge in [-0.2, -0.15) is 13.2 Å². The summed E-state index contributed by atoms with van der Waals surface area (Å²) in [5.74, 6) is 1.79. The first kappa shape index (κ1) is 18.4. The Morgan fingerprint density at radius 3 is 2.04 bits per heavy atom. The molecule has 3 aromatic rings. The number of nitrogens with one attached hydrogen (secondary N) is 2. The first-order valence-electron chi connectivity index (χ1n) is 8.13. The minimum absolute atomic E-state index is 0.423. The average molecular weight is 370 g/mol. The highest BCUT2D eigenvalue weighted by Crippen LogP contribution is 2.30. The van der Waals surface area contributed by atoms with E-state index in [4.69, 9.17) is 4.74 Å². The molecule has 0 aliphatic carbocycles. The van der Waals surface area contributed by atoms with Crippen molar-refractivity contribution in [2.24, 2.45) is 0 Å². The van der Waals surface area contributed by atoms with Crippen LogP contribution in [0.25, 0.3) is 0 Å². The van der Waals surface area contributed by atoms with Crippen molar-refractivity contribution < 1.29 is 17.9 Å². The molecule has 3 nitrogen and oxygen atoms in total. The number of benzene rings is 3. The van der Waals surface area contributed by atoms with E-state index in [2.05, 4.69) is 17.2 Å². The van der Waals surface area contributed by atoms with Crippen LogP contribution < -0.4 is 15.4 Å². The molecular formula is C21H17F3N2O. The van der Waals surface area contributed by atoms with Gasteiger partial charge in [0, 0.05) is 17.4 Å². The van der Waals surface area contributed by atoms with Gasteiger partial charge in [0.1, 0.15) is 17.3 Å². The van der Waals surface area contributed by atoms with Gasteiger partial charge in [-0.25, -0.2) is 0 Å². The van der Waals surface area contributed by atoms with E-state index in [1.165, 1.54) is 12.1 Å². The van der Waals surface area contributed by atoms with E-state index >= 15 is 0 Å². The second-order valence-corrected chi connectivity index (χ2v) is 5.75. The summed E-state index contributed by atoms with van der Waals surface area (Å²) in [5.41, 5.74) is 0.530. The van der Waals surface area contributed by atoms with Crippen LogP contribution in [0.5, 0.6) is 11.5 Å². The first-order valence-corrected chi connectivity index (χ1v) is 8.13. The molecule has 138 valence electrons. The van der Waals surface area contributed by atoms with E-state index < -0.39 is 11.7 Å². The number of halogens is 3. The van der Waals surface area contributed by atoms with Crippen LogP contribution in [-0.2, 0) is 6.18 Å².